The minimum Gasteiger partial charge on any atom is -0.493 e. The van der Waals surface area contributed by atoms with Crippen LogP contribution in [0.1, 0.15) is 33.2 Å². The number of aromatic nitrogens is 2. The predicted octanol–water partition coefficient (Wildman–Crippen LogP) is 5.27. The van der Waals surface area contributed by atoms with Crippen molar-refractivity contribution in [2.24, 2.45) is 4.99 Å². The monoisotopic (exact) mass is 475 g/mol. The van der Waals surface area contributed by atoms with Crippen LogP contribution >= 0.6 is 23.1 Å². The summed E-state index contributed by atoms with van der Waals surface area (Å²) in [5.74, 6) is -0.401. The van der Waals surface area contributed by atoms with Gasteiger partial charge in [-0.1, -0.05) is 24.3 Å². The van der Waals surface area contributed by atoms with Crippen molar-refractivity contribution in [2.45, 2.75) is 30.4 Å². The van der Waals surface area contributed by atoms with Crippen molar-refractivity contribution in [3.63, 3.8) is 0 Å². The fourth-order valence-corrected chi connectivity index (χ4v) is 6.26. The molecular weight excluding hydrogens is 454 g/mol. The van der Waals surface area contributed by atoms with E-state index in [2.05, 4.69) is 11.1 Å². The molecule has 0 aliphatic carbocycles. The zero-order chi connectivity index (χ0) is 23.1. The highest BCUT2D eigenvalue weighted by molar-refractivity contribution is 7.99. The number of aromatic hydroxyl groups is 1. The van der Waals surface area contributed by atoms with Gasteiger partial charge in [-0.2, -0.15) is 0 Å². The normalized spacial score (nSPS) is 15.6. The van der Waals surface area contributed by atoms with Gasteiger partial charge in [0.2, 0.25) is 5.88 Å². The van der Waals surface area contributed by atoms with Crippen LogP contribution in [0, 0.1) is 13.8 Å². The number of aliphatic imine (C=N–C) groups is 1. The molecule has 4 aromatic rings. The van der Waals surface area contributed by atoms with E-state index in [0.717, 1.165) is 31.2 Å². The number of aromatic amines is 1. The lowest BCUT2D eigenvalue weighted by Gasteiger charge is -2.16. The number of para-hydroxylation sites is 1. The van der Waals surface area contributed by atoms with E-state index in [1.807, 2.05) is 55.6 Å². The maximum Gasteiger partial charge on any atom is 0.335 e. The van der Waals surface area contributed by atoms with Crippen LogP contribution in [0.4, 0.5) is 5.69 Å². The van der Waals surface area contributed by atoms with E-state index >= 15 is 0 Å². The van der Waals surface area contributed by atoms with E-state index in [1.165, 1.54) is 0 Å². The van der Waals surface area contributed by atoms with Gasteiger partial charge in [0.1, 0.15) is 5.56 Å². The van der Waals surface area contributed by atoms with E-state index in [1.54, 1.807) is 35.2 Å². The van der Waals surface area contributed by atoms with Crippen molar-refractivity contribution in [2.75, 3.05) is 0 Å². The second-order valence-electron chi connectivity index (χ2n) is 7.99. The molecule has 8 heteroatoms. The number of thiophene rings is 1. The summed E-state index contributed by atoms with van der Waals surface area (Å²) in [4.78, 5) is 35.1. The largest absolute Gasteiger partial charge is 0.493 e. The SMILES string of the molecule is Cc1cc(C)cc(-n2c(O)c(C3=Nc4ccccc4SC(c4cccs4)C3)c(=O)[nH]c2=O)c1. The van der Waals surface area contributed by atoms with Gasteiger partial charge in [0.25, 0.3) is 5.56 Å². The maximum absolute atomic E-state index is 13.0. The van der Waals surface area contributed by atoms with Crippen LogP contribution in [0.15, 0.2) is 79.5 Å². The first-order chi connectivity index (χ1) is 15.9. The van der Waals surface area contributed by atoms with Gasteiger partial charge in [0.15, 0.2) is 0 Å². The number of nitrogens with zero attached hydrogens (tertiary/aromatic N) is 2. The summed E-state index contributed by atoms with van der Waals surface area (Å²) in [6, 6.07) is 17.4. The number of nitrogens with one attached hydrogen (secondary N) is 1. The Hall–Kier alpha value is -3.36. The lowest BCUT2D eigenvalue weighted by Crippen LogP contribution is -2.33. The summed E-state index contributed by atoms with van der Waals surface area (Å²) < 4.78 is 1.14. The van der Waals surface area contributed by atoms with Crippen LogP contribution in [-0.4, -0.2) is 20.4 Å². The highest BCUT2D eigenvalue weighted by atomic mass is 32.2. The topological polar surface area (TPSA) is 87.4 Å². The summed E-state index contributed by atoms with van der Waals surface area (Å²) in [6.07, 6.45) is 0.432. The molecule has 166 valence electrons. The predicted molar refractivity (Wildman–Crippen MR) is 134 cm³/mol. The molecule has 0 saturated carbocycles. The van der Waals surface area contributed by atoms with Crippen LogP contribution in [0.5, 0.6) is 5.88 Å². The first-order valence-corrected chi connectivity index (χ1v) is 12.2. The zero-order valence-corrected chi connectivity index (χ0v) is 19.7. The van der Waals surface area contributed by atoms with Gasteiger partial charge in [-0.3, -0.25) is 14.8 Å². The van der Waals surface area contributed by atoms with Crippen LogP contribution in [0.2, 0.25) is 0 Å². The lowest BCUT2D eigenvalue weighted by atomic mass is 10.1. The van der Waals surface area contributed by atoms with Crippen molar-refractivity contribution < 1.29 is 5.11 Å². The van der Waals surface area contributed by atoms with Crippen LogP contribution in [-0.2, 0) is 0 Å². The van der Waals surface area contributed by atoms with Gasteiger partial charge in [0, 0.05) is 21.4 Å². The number of aryl methyl sites for hydroxylation is 2. The molecule has 1 atom stereocenters. The minimum atomic E-state index is -0.690. The molecule has 3 heterocycles. The molecule has 1 aliphatic rings. The van der Waals surface area contributed by atoms with E-state index in [0.29, 0.717) is 17.8 Å². The van der Waals surface area contributed by atoms with Gasteiger partial charge in [-0.25, -0.2) is 9.36 Å². The molecule has 1 unspecified atom stereocenters. The van der Waals surface area contributed by atoms with Gasteiger partial charge < -0.3 is 5.11 Å². The zero-order valence-electron chi connectivity index (χ0n) is 18.0. The molecule has 0 fully saturated rings. The Kier molecular flexibility index (Phi) is 5.55. The molecule has 0 bridgehead atoms. The third-order valence-corrected chi connectivity index (χ3v) is 7.91. The Morgan fingerprint density at radius 3 is 2.55 bits per heavy atom. The van der Waals surface area contributed by atoms with Crippen LogP contribution in [0.3, 0.4) is 0 Å². The fraction of sp³-hybridized carbons (Fsp3) is 0.160. The van der Waals surface area contributed by atoms with Gasteiger partial charge in [-0.15, -0.1) is 23.1 Å². The molecule has 2 aromatic heterocycles. The molecular formula is C25H21N3O3S2. The summed E-state index contributed by atoms with van der Waals surface area (Å²) in [7, 11) is 0. The minimum absolute atomic E-state index is 0.0209. The van der Waals surface area contributed by atoms with Crippen molar-refractivity contribution in [1.29, 1.82) is 0 Å². The molecule has 5 rings (SSSR count). The number of rotatable bonds is 3. The Bertz CT molecular complexity index is 1480. The second kappa shape index (κ2) is 8.53. The Balaban J connectivity index is 1.73. The third-order valence-electron chi connectivity index (χ3n) is 5.47. The molecule has 0 amide bonds. The first-order valence-electron chi connectivity index (χ1n) is 10.4. The second-order valence-corrected chi connectivity index (χ2v) is 10.2. The highest BCUT2D eigenvalue weighted by Gasteiger charge is 2.28. The average molecular weight is 476 g/mol. The number of thioether (sulfide) groups is 1. The van der Waals surface area contributed by atoms with E-state index in [4.69, 9.17) is 4.99 Å². The van der Waals surface area contributed by atoms with Gasteiger partial charge in [0.05, 0.1) is 17.1 Å². The third kappa shape index (κ3) is 4.07. The lowest BCUT2D eigenvalue weighted by molar-refractivity contribution is 0.429. The van der Waals surface area contributed by atoms with E-state index in [9.17, 15) is 14.7 Å². The molecule has 6 nitrogen and oxygen atoms in total. The van der Waals surface area contributed by atoms with E-state index < -0.39 is 17.1 Å². The molecule has 0 spiro atoms. The van der Waals surface area contributed by atoms with Crippen molar-refractivity contribution in [3.05, 3.63) is 102 Å². The van der Waals surface area contributed by atoms with Crippen molar-refractivity contribution >= 4 is 34.5 Å². The highest BCUT2D eigenvalue weighted by Crippen LogP contribution is 2.46. The maximum atomic E-state index is 13.0. The number of benzene rings is 2. The van der Waals surface area contributed by atoms with Crippen molar-refractivity contribution in [1.82, 2.24) is 9.55 Å². The van der Waals surface area contributed by atoms with Crippen molar-refractivity contribution in [3.8, 4) is 11.6 Å². The van der Waals surface area contributed by atoms with Crippen LogP contribution in [0.25, 0.3) is 5.69 Å². The quantitative estimate of drug-likeness (QED) is 0.423. The van der Waals surface area contributed by atoms with Gasteiger partial charge in [-0.05, 0) is 60.7 Å². The number of hydrogen-bond donors (Lipinski definition) is 2. The van der Waals surface area contributed by atoms with Crippen LogP contribution < -0.4 is 11.2 Å². The Labute approximate surface area is 198 Å². The summed E-state index contributed by atoms with van der Waals surface area (Å²) >= 11 is 3.33. The smallest absolute Gasteiger partial charge is 0.335 e. The standard InChI is InChI=1S/C25H21N3O3S2/c1-14-10-15(2)12-16(11-14)28-24(30)22(23(29)27-25(28)31)18-13-21(20-8-5-9-32-20)33-19-7-4-3-6-17(19)26-18/h3-12,21,30H,13H2,1-2H3,(H,27,29,31). The summed E-state index contributed by atoms with van der Waals surface area (Å²) in [5, 5.41) is 13.3. The molecule has 33 heavy (non-hydrogen) atoms. The fourth-order valence-electron chi connectivity index (χ4n) is 4.11. The Morgan fingerprint density at radius 2 is 1.82 bits per heavy atom. The first kappa shape index (κ1) is 21.5. The molecule has 1 aliphatic heterocycles. The van der Waals surface area contributed by atoms with E-state index in [-0.39, 0.29) is 10.8 Å². The number of hydrogen-bond acceptors (Lipinski definition) is 6. The molecule has 2 aromatic carbocycles. The molecule has 2 N–H and O–H groups in total. The Morgan fingerprint density at radius 1 is 1.06 bits per heavy atom. The van der Waals surface area contributed by atoms with Gasteiger partial charge >= 0.3 is 5.69 Å². The summed E-state index contributed by atoms with van der Waals surface area (Å²) in [6.45, 7) is 3.83. The summed E-state index contributed by atoms with van der Waals surface area (Å²) in [5.41, 5.74) is 2.25. The number of H-pyrrole nitrogens is 1. The molecule has 0 saturated heterocycles. The average Bonchev–Trinajstić information content (AvgIpc) is 3.21. The number of fused-ring (bicyclic) bond motifs is 1. The molecule has 0 radical (unpaired) electrons.